The molecule has 1 amide bonds. The third-order valence-corrected chi connectivity index (χ3v) is 2.47. The maximum atomic E-state index is 11.5. The van der Waals surface area contributed by atoms with Crippen LogP contribution in [0, 0.1) is 0 Å². The quantitative estimate of drug-likeness (QED) is 0.812. The fraction of sp³-hybridized carbons (Fsp3) is 0.273. The second-order valence-electron chi connectivity index (χ2n) is 3.41. The number of carbonyl (C=O) groups is 2. The van der Waals surface area contributed by atoms with E-state index in [1.807, 2.05) is 6.92 Å². The van der Waals surface area contributed by atoms with E-state index in [4.69, 9.17) is 9.84 Å². The molecule has 1 N–H and O–H groups in total. The number of rotatable bonds is 2. The summed E-state index contributed by atoms with van der Waals surface area (Å²) in [5.74, 6) is -0.675. The number of benzene rings is 1. The average Bonchev–Trinajstić information content (AvgIpc) is 2.28. The van der Waals surface area contributed by atoms with E-state index in [9.17, 15) is 9.59 Å². The fourth-order valence-electron chi connectivity index (χ4n) is 1.68. The molecule has 0 saturated carbocycles. The zero-order valence-electron chi connectivity index (χ0n) is 8.77. The van der Waals surface area contributed by atoms with Gasteiger partial charge in [0.25, 0.3) is 5.91 Å². The van der Waals surface area contributed by atoms with E-state index in [0.29, 0.717) is 18.0 Å². The van der Waals surface area contributed by atoms with Gasteiger partial charge >= 0.3 is 5.97 Å². The maximum Gasteiger partial charge on any atom is 0.335 e. The Bertz CT molecular complexity index is 455. The minimum atomic E-state index is -1.01. The van der Waals surface area contributed by atoms with E-state index in [2.05, 4.69) is 0 Å². The molecule has 84 valence electrons. The summed E-state index contributed by atoms with van der Waals surface area (Å²) in [6.45, 7) is 2.36. The third kappa shape index (κ3) is 1.60. The number of likely N-dealkylation sites (N-methyl/N-ethyl adjacent to an activating group) is 1. The molecule has 2 rings (SSSR count). The number of carboxylic acids is 1. The molecule has 0 unspecified atom stereocenters. The first-order valence-electron chi connectivity index (χ1n) is 4.94. The highest BCUT2D eigenvalue weighted by Gasteiger charge is 2.24. The first kappa shape index (κ1) is 10.5. The minimum absolute atomic E-state index is 0.0378. The lowest BCUT2D eigenvalue weighted by Gasteiger charge is -2.28. The van der Waals surface area contributed by atoms with Gasteiger partial charge in [0.1, 0.15) is 5.75 Å². The molecule has 0 aromatic heterocycles. The van der Waals surface area contributed by atoms with Gasteiger partial charge in [0, 0.05) is 6.54 Å². The number of hydrogen-bond acceptors (Lipinski definition) is 3. The van der Waals surface area contributed by atoms with Crippen LogP contribution >= 0.6 is 0 Å². The fourth-order valence-corrected chi connectivity index (χ4v) is 1.68. The topological polar surface area (TPSA) is 66.8 Å². The summed E-state index contributed by atoms with van der Waals surface area (Å²) in [5.41, 5.74) is 0.785. The number of carboxylic acid groups (broad SMARTS) is 1. The Balaban J connectivity index is 2.46. The summed E-state index contributed by atoms with van der Waals surface area (Å²) in [4.78, 5) is 23.8. The highest BCUT2D eigenvalue weighted by molar-refractivity contribution is 5.99. The normalized spacial score (nSPS) is 14.3. The van der Waals surface area contributed by atoms with E-state index >= 15 is 0 Å². The first-order chi connectivity index (χ1) is 7.63. The van der Waals surface area contributed by atoms with Gasteiger partial charge in [-0.2, -0.15) is 0 Å². The minimum Gasteiger partial charge on any atom is -0.482 e. The van der Waals surface area contributed by atoms with E-state index in [0.717, 1.165) is 0 Å². The molecular formula is C11H11NO4. The third-order valence-electron chi connectivity index (χ3n) is 2.47. The van der Waals surface area contributed by atoms with Crippen molar-refractivity contribution in [2.45, 2.75) is 6.92 Å². The number of anilines is 1. The van der Waals surface area contributed by atoms with Gasteiger partial charge in [-0.15, -0.1) is 0 Å². The second-order valence-corrected chi connectivity index (χ2v) is 3.41. The van der Waals surface area contributed by atoms with Crippen molar-refractivity contribution in [3.8, 4) is 5.75 Å². The highest BCUT2D eigenvalue weighted by atomic mass is 16.5. The predicted octanol–water partition coefficient (Wildman–Crippen LogP) is 1.13. The molecular weight excluding hydrogens is 210 g/mol. The van der Waals surface area contributed by atoms with Gasteiger partial charge in [0.15, 0.2) is 6.61 Å². The van der Waals surface area contributed by atoms with Crippen molar-refractivity contribution in [2.75, 3.05) is 18.1 Å². The van der Waals surface area contributed by atoms with Crippen LogP contribution in [0.5, 0.6) is 5.75 Å². The Morgan fingerprint density at radius 1 is 1.56 bits per heavy atom. The Kier molecular flexibility index (Phi) is 2.52. The number of nitrogens with zero attached hydrogens (tertiary/aromatic N) is 1. The molecule has 0 spiro atoms. The molecule has 1 heterocycles. The molecule has 0 aliphatic carbocycles. The van der Waals surface area contributed by atoms with Crippen LogP contribution in [0.3, 0.4) is 0 Å². The average molecular weight is 221 g/mol. The second kappa shape index (κ2) is 3.84. The molecule has 5 nitrogen and oxygen atoms in total. The first-order valence-corrected chi connectivity index (χ1v) is 4.94. The molecule has 0 fully saturated rings. The maximum absolute atomic E-state index is 11.5. The molecule has 0 bridgehead atoms. The molecule has 0 atom stereocenters. The van der Waals surface area contributed by atoms with Gasteiger partial charge < -0.3 is 14.7 Å². The van der Waals surface area contributed by atoms with Crippen molar-refractivity contribution in [2.24, 2.45) is 0 Å². The zero-order valence-corrected chi connectivity index (χ0v) is 8.77. The molecule has 16 heavy (non-hydrogen) atoms. The van der Waals surface area contributed by atoms with Crippen LogP contribution in [-0.2, 0) is 4.79 Å². The summed E-state index contributed by atoms with van der Waals surface area (Å²) in [6, 6.07) is 4.50. The summed E-state index contributed by atoms with van der Waals surface area (Å²) in [5, 5.41) is 8.83. The zero-order chi connectivity index (χ0) is 11.7. The van der Waals surface area contributed by atoms with Gasteiger partial charge in [-0.05, 0) is 25.1 Å². The lowest BCUT2D eigenvalue weighted by molar-refractivity contribution is -0.121. The van der Waals surface area contributed by atoms with Crippen LogP contribution in [0.2, 0.25) is 0 Å². The number of aromatic carboxylic acids is 1. The number of amides is 1. The smallest absolute Gasteiger partial charge is 0.335 e. The van der Waals surface area contributed by atoms with Gasteiger partial charge in [0.05, 0.1) is 11.3 Å². The summed E-state index contributed by atoms with van der Waals surface area (Å²) in [6.07, 6.45) is 0. The summed E-state index contributed by atoms with van der Waals surface area (Å²) >= 11 is 0. The van der Waals surface area contributed by atoms with E-state index in [-0.39, 0.29) is 18.1 Å². The van der Waals surface area contributed by atoms with Crippen molar-refractivity contribution in [1.29, 1.82) is 0 Å². The molecule has 5 heteroatoms. The standard InChI is InChI=1S/C11H11NO4/c1-2-12-8-4-3-7(11(14)15)5-9(8)16-6-10(12)13/h3-5H,2,6H2,1H3,(H,14,15). The number of carbonyl (C=O) groups excluding carboxylic acids is 1. The van der Waals surface area contributed by atoms with Crippen LogP contribution < -0.4 is 9.64 Å². The van der Waals surface area contributed by atoms with Crippen LogP contribution in [0.15, 0.2) is 18.2 Å². The van der Waals surface area contributed by atoms with Crippen molar-refractivity contribution < 1.29 is 19.4 Å². The molecule has 0 radical (unpaired) electrons. The Morgan fingerprint density at radius 2 is 2.31 bits per heavy atom. The lowest BCUT2D eigenvalue weighted by Crippen LogP contribution is -2.38. The van der Waals surface area contributed by atoms with E-state index < -0.39 is 5.97 Å². The van der Waals surface area contributed by atoms with E-state index in [1.165, 1.54) is 12.1 Å². The highest BCUT2D eigenvalue weighted by Crippen LogP contribution is 2.32. The largest absolute Gasteiger partial charge is 0.482 e. The van der Waals surface area contributed by atoms with Crippen LogP contribution in [0.4, 0.5) is 5.69 Å². The van der Waals surface area contributed by atoms with Crippen LogP contribution in [0.1, 0.15) is 17.3 Å². The van der Waals surface area contributed by atoms with E-state index in [1.54, 1.807) is 11.0 Å². The van der Waals surface area contributed by atoms with Crippen LogP contribution in [-0.4, -0.2) is 30.1 Å². The van der Waals surface area contributed by atoms with Gasteiger partial charge in [-0.1, -0.05) is 0 Å². The Morgan fingerprint density at radius 3 is 2.94 bits per heavy atom. The monoisotopic (exact) mass is 221 g/mol. The van der Waals surface area contributed by atoms with Crippen molar-refractivity contribution in [1.82, 2.24) is 0 Å². The van der Waals surface area contributed by atoms with Crippen molar-refractivity contribution in [3.63, 3.8) is 0 Å². The summed E-state index contributed by atoms with van der Waals surface area (Å²) in [7, 11) is 0. The number of hydrogen-bond donors (Lipinski definition) is 1. The number of fused-ring (bicyclic) bond motifs is 1. The molecule has 1 aliphatic rings. The predicted molar refractivity (Wildman–Crippen MR) is 56.9 cm³/mol. The van der Waals surface area contributed by atoms with Gasteiger partial charge in [-0.3, -0.25) is 4.79 Å². The van der Waals surface area contributed by atoms with Crippen LogP contribution in [0.25, 0.3) is 0 Å². The SMILES string of the molecule is CCN1C(=O)COc2cc(C(=O)O)ccc21. The van der Waals surface area contributed by atoms with Crippen molar-refractivity contribution in [3.05, 3.63) is 23.8 Å². The molecule has 1 aromatic rings. The molecule has 1 aliphatic heterocycles. The molecule has 1 aromatic carbocycles. The summed E-state index contributed by atoms with van der Waals surface area (Å²) < 4.78 is 5.20. The van der Waals surface area contributed by atoms with Gasteiger partial charge in [-0.25, -0.2) is 4.79 Å². The van der Waals surface area contributed by atoms with Gasteiger partial charge in [0.2, 0.25) is 0 Å². The Hall–Kier alpha value is -2.04. The molecule has 0 saturated heterocycles. The number of ether oxygens (including phenoxy) is 1. The van der Waals surface area contributed by atoms with Crippen molar-refractivity contribution >= 4 is 17.6 Å². The lowest BCUT2D eigenvalue weighted by atomic mass is 10.1. The Labute approximate surface area is 92.2 Å².